The summed E-state index contributed by atoms with van der Waals surface area (Å²) < 4.78 is 29.8. The van der Waals surface area contributed by atoms with Crippen LogP contribution in [0.15, 0.2) is 23.2 Å². The Morgan fingerprint density at radius 2 is 2.00 bits per heavy atom. The second kappa shape index (κ2) is 13.9. The molecule has 1 aliphatic heterocycles. The van der Waals surface area contributed by atoms with E-state index in [4.69, 9.17) is 0 Å². The van der Waals surface area contributed by atoms with Crippen LogP contribution in [-0.2, 0) is 6.54 Å². The van der Waals surface area contributed by atoms with Crippen molar-refractivity contribution in [3.63, 3.8) is 0 Å². The molecule has 1 aromatic rings. The van der Waals surface area contributed by atoms with Gasteiger partial charge in [-0.2, -0.15) is 8.78 Å². The molecule has 9 heteroatoms. The fourth-order valence-electron chi connectivity index (χ4n) is 3.29. The van der Waals surface area contributed by atoms with Crippen molar-refractivity contribution in [1.82, 2.24) is 20.4 Å². The van der Waals surface area contributed by atoms with Crippen LogP contribution in [0.25, 0.3) is 0 Å². The normalized spacial score (nSPS) is 16.3. The van der Waals surface area contributed by atoms with Crippen molar-refractivity contribution in [2.24, 2.45) is 4.99 Å². The van der Waals surface area contributed by atoms with Gasteiger partial charge in [0.1, 0.15) is 5.75 Å². The minimum Gasteiger partial charge on any atom is -0.434 e. The summed E-state index contributed by atoms with van der Waals surface area (Å²) in [5, 5.41) is 6.47. The molecular formula is C20H34F2IN5O. The van der Waals surface area contributed by atoms with Gasteiger partial charge >= 0.3 is 6.61 Å². The third-order valence-corrected chi connectivity index (χ3v) is 4.86. The lowest BCUT2D eigenvalue weighted by molar-refractivity contribution is -0.0504. The number of benzene rings is 1. The number of nitrogens with zero attached hydrogens (tertiary/aromatic N) is 3. The first-order chi connectivity index (χ1) is 13.5. The van der Waals surface area contributed by atoms with Crippen LogP contribution in [0.1, 0.15) is 24.0 Å². The maximum Gasteiger partial charge on any atom is 0.387 e. The number of nitrogens with one attached hydrogen (secondary N) is 2. The highest BCUT2D eigenvalue weighted by atomic mass is 127. The first kappa shape index (κ1) is 25.8. The van der Waals surface area contributed by atoms with E-state index < -0.39 is 6.61 Å². The maximum absolute atomic E-state index is 12.6. The number of alkyl halides is 2. The molecule has 166 valence electrons. The lowest BCUT2D eigenvalue weighted by Gasteiger charge is -2.20. The van der Waals surface area contributed by atoms with Crippen molar-refractivity contribution >= 4 is 29.9 Å². The van der Waals surface area contributed by atoms with Crippen LogP contribution >= 0.6 is 24.0 Å². The molecule has 29 heavy (non-hydrogen) atoms. The fraction of sp³-hybridized carbons (Fsp3) is 0.650. The summed E-state index contributed by atoms with van der Waals surface area (Å²) in [4.78, 5) is 9.09. The number of likely N-dealkylation sites (N-methyl/N-ethyl adjacent to an activating group) is 1. The number of hydrogen-bond donors (Lipinski definition) is 2. The molecule has 0 amide bonds. The van der Waals surface area contributed by atoms with Crippen molar-refractivity contribution in [2.75, 3.05) is 53.4 Å². The summed E-state index contributed by atoms with van der Waals surface area (Å²) in [6.45, 7) is 5.87. The van der Waals surface area contributed by atoms with Crippen LogP contribution in [0.4, 0.5) is 8.78 Å². The van der Waals surface area contributed by atoms with Gasteiger partial charge in [-0.25, -0.2) is 0 Å². The van der Waals surface area contributed by atoms with Crippen LogP contribution in [0.2, 0.25) is 0 Å². The first-order valence-corrected chi connectivity index (χ1v) is 9.87. The highest BCUT2D eigenvalue weighted by Crippen LogP contribution is 2.21. The van der Waals surface area contributed by atoms with E-state index in [1.54, 1.807) is 19.2 Å². The Hall–Kier alpha value is -1.20. The number of hydrogen-bond acceptors (Lipinski definition) is 4. The standard InChI is InChI=1S/C20H33F2N5O.HI/c1-16-6-7-18(28-19(21)22)17(14-16)15-25-20(23-2)24-8-4-10-27-11-5-9-26(3)12-13-27;/h6-7,14,19H,4-5,8-13,15H2,1-3H3,(H2,23,24,25);1H. The van der Waals surface area contributed by atoms with Gasteiger partial charge in [0, 0.05) is 38.8 Å². The van der Waals surface area contributed by atoms with E-state index in [1.807, 2.05) is 13.0 Å². The van der Waals surface area contributed by atoms with E-state index in [9.17, 15) is 8.78 Å². The van der Waals surface area contributed by atoms with Gasteiger partial charge in [0.2, 0.25) is 0 Å². The van der Waals surface area contributed by atoms with Gasteiger partial charge in [0.15, 0.2) is 5.96 Å². The molecule has 0 spiro atoms. The van der Waals surface area contributed by atoms with E-state index in [1.165, 1.54) is 13.0 Å². The molecule has 1 heterocycles. The SMILES string of the molecule is CN=C(NCCCN1CCCN(C)CC1)NCc1cc(C)ccc1OC(F)F.I. The molecule has 0 unspecified atom stereocenters. The van der Waals surface area contributed by atoms with Gasteiger partial charge in [0.05, 0.1) is 0 Å². The third-order valence-electron chi connectivity index (χ3n) is 4.86. The quantitative estimate of drug-likeness (QED) is 0.237. The van der Waals surface area contributed by atoms with E-state index in [-0.39, 0.29) is 29.7 Å². The molecule has 0 bridgehead atoms. The smallest absolute Gasteiger partial charge is 0.387 e. The van der Waals surface area contributed by atoms with E-state index in [0.717, 1.165) is 44.7 Å². The average molecular weight is 525 g/mol. The summed E-state index contributed by atoms with van der Waals surface area (Å²) in [6, 6.07) is 5.18. The predicted octanol–water partition coefficient (Wildman–Crippen LogP) is 2.91. The zero-order valence-electron chi connectivity index (χ0n) is 17.6. The lowest BCUT2D eigenvalue weighted by atomic mass is 10.1. The Morgan fingerprint density at radius 1 is 1.21 bits per heavy atom. The second-order valence-electron chi connectivity index (χ2n) is 7.19. The molecule has 0 aliphatic carbocycles. The highest BCUT2D eigenvalue weighted by Gasteiger charge is 2.12. The number of aryl methyl sites for hydroxylation is 1. The van der Waals surface area contributed by atoms with Crippen LogP contribution in [0.3, 0.4) is 0 Å². The molecule has 1 aliphatic rings. The van der Waals surface area contributed by atoms with Crippen molar-refractivity contribution in [1.29, 1.82) is 0 Å². The van der Waals surface area contributed by atoms with Crippen molar-refractivity contribution in [3.8, 4) is 5.75 Å². The average Bonchev–Trinajstić information content (AvgIpc) is 2.87. The Labute approximate surface area is 190 Å². The van der Waals surface area contributed by atoms with E-state index in [0.29, 0.717) is 18.1 Å². The van der Waals surface area contributed by atoms with Crippen LogP contribution in [-0.4, -0.2) is 75.7 Å². The van der Waals surface area contributed by atoms with Gasteiger partial charge in [-0.15, -0.1) is 24.0 Å². The maximum atomic E-state index is 12.6. The molecule has 2 rings (SSSR count). The van der Waals surface area contributed by atoms with Crippen LogP contribution < -0.4 is 15.4 Å². The monoisotopic (exact) mass is 525 g/mol. The van der Waals surface area contributed by atoms with Crippen molar-refractivity contribution in [3.05, 3.63) is 29.3 Å². The number of ether oxygens (including phenoxy) is 1. The third kappa shape index (κ3) is 9.90. The molecule has 2 N–H and O–H groups in total. The topological polar surface area (TPSA) is 52.1 Å². The Bertz CT molecular complexity index is 633. The molecule has 0 saturated carbocycles. The minimum absolute atomic E-state index is 0. The lowest BCUT2D eigenvalue weighted by Crippen LogP contribution is -2.38. The van der Waals surface area contributed by atoms with Gasteiger partial charge in [-0.3, -0.25) is 4.99 Å². The molecule has 0 atom stereocenters. The number of guanidine groups is 1. The minimum atomic E-state index is -2.84. The van der Waals surface area contributed by atoms with Crippen LogP contribution in [0.5, 0.6) is 5.75 Å². The largest absolute Gasteiger partial charge is 0.434 e. The van der Waals surface area contributed by atoms with Gasteiger partial charge < -0.3 is 25.2 Å². The Morgan fingerprint density at radius 3 is 2.72 bits per heavy atom. The zero-order valence-corrected chi connectivity index (χ0v) is 19.9. The Kier molecular flexibility index (Phi) is 12.4. The van der Waals surface area contributed by atoms with Gasteiger partial charge in [-0.05, 0) is 52.5 Å². The van der Waals surface area contributed by atoms with Crippen LogP contribution in [0, 0.1) is 6.92 Å². The number of halogens is 3. The zero-order chi connectivity index (χ0) is 20.4. The van der Waals surface area contributed by atoms with Gasteiger partial charge in [-0.1, -0.05) is 17.7 Å². The molecule has 6 nitrogen and oxygen atoms in total. The molecule has 1 aromatic carbocycles. The Balaban J connectivity index is 0.00000420. The molecule has 1 saturated heterocycles. The molecule has 0 aromatic heterocycles. The highest BCUT2D eigenvalue weighted by molar-refractivity contribution is 14.0. The van der Waals surface area contributed by atoms with Crippen molar-refractivity contribution in [2.45, 2.75) is 32.9 Å². The summed E-state index contributed by atoms with van der Waals surface area (Å²) in [5.74, 6) is 0.842. The fourth-order valence-corrected chi connectivity index (χ4v) is 3.29. The first-order valence-electron chi connectivity index (χ1n) is 9.87. The molecule has 1 fully saturated rings. The molecular weight excluding hydrogens is 491 g/mol. The van der Waals surface area contributed by atoms with Crippen molar-refractivity contribution < 1.29 is 13.5 Å². The number of aliphatic imine (C=N–C) groups is 1. The predicted molar refractivity (Wildman–Crippen MR) is 125 cm³/mol. The van der Waals surface area contributed by atoms with E-state index in [2.05, 4.69) is 37.2 Å². The summed E-state index contributed by atoms with van der Waals surface area (Å²) >= 11 is 0. The summed E-state index contributed by atoms with van der Waals surface area (Å²) in [7, 11) is 3.87. The van der Waals surface area contributed by atoms with E-state index >= 15 is 0 Å². The molecule has 0 radical (unpaired) electrons. The number of rotatable bonds is 8. The summed E-state index contributed by atoms with van der Waals surface area (Å²) in [5.41, 5.74) is 1.67. The summed E-state index contributed by atoms with van der Waals surface area (Å²) in [6.07, 6.45) is 2.24. The van der Waals surface area contributed by atoms with Gasteiger partial charge in [0.25, 0.3) is 0 Å². The second-order valence-corrected chi connectivity index (χ2v) is 7.19.